The van der Waals surface area contributed by atoms with Crippen molar-refractivity contribution in [2.24, 2.45) is 0 Å². The van der Waals surface area contributed by atoms with Gasteiger partial charge in [-0.1, -0.05) is 23.9 Å². The van der Waals surface area contributed by atoms with Gasteiger partial charge < -0.3 is 10.1 Å². The summed E-state index contributed by atoms with van der Waals surface area (Å²) in [5.74, 6) is -0.0818. The second-order valence-electron chi connectivity index (χ2n) is 6.20. The zero-order valence-electron chi connectivity index (χ0n) is 14.7. The fourth-order valence-corrected chi connectivity index (χ4v) is 3.98. The van der Waals surface area contributed by atoms with E-state index >= 15 is 0 Å². The molecule has 144 valence electrons. The Morgan fingerprint density at radius 3 is 2.86 bits per heavy atom. The first-order chi connectivity index (χ1) is 13.4. The molecule has 2 heterocycles. The van der Waals surface area contributed by atoms with Gasteiger partial charge in [0, 0.05) is 5.56 Å². The number of thioether (sulfide) groups is 1. The maximum absolute atomic E-state index is 13.6. The number of Topliss-reactive ketones (excluding diaryl/α,β-unsaturated/α-hetero) is 1. The van der Waals surface area contributed by atoms with Crippen LogP contribution in [0.2, 0.25) is 0 Å². The highest BCUT2D eigenvalue weighted by atomic mass is 32.2. The van der Waals surface area contributed by atoms with Gasteiger partial charge in [0.15, 0.2) is 17.5 Å². The van der Waals surface area contributed by atoms with Crippen LogP contribution in [0.15, 0.2) is 47.6 Å². The van der Waals surface area contributed by atoms with Crippen LogP contribution in [-0.4, -0.2) is 33.1 Å². The van der Waals surface area contributed by atoms with Crippen molar-refractivity contribution in [3.63, 3.8) is 0 Å². The molecule has 4 rings (SSSR count). The number of hydrogen-bond acceptors (Lipinski definition) is 5. The molecule has 1 unspecified atom stereocenters. The van der Waals surface area contributed by atoms with Gasteiger partial charge in [-0.2, -0.15) is 8.78 Å². The van der Waals surface area contributed by atoms with E-state index in [1.165, 1.54) is 6.07 Å². The second kappa shape index (κ2) is 7.23. The molecule has 0 spiro atoms. The lowest BCUT2D eigenvalue weighted by Crippen LogP contribution is -2.25. The van der Waals surface area contributed by atoms with Crippen LogP contribution >= 0.6 is 11.8 Å². The lowest BCUT2D eigenvalue weighted by Gasteiger charge is -2.19. The van der Waals surface area contributed by atoms with Crippen LogP contribution in [0.25, 0.3) is 11.0 Å². The molecule has 0 fully saturated rings. The Labute approximate surface area is 162 Å². The number of carbonyl (C=O) groups excluding carboxylic acids is 2. The average Bonchev–Trinajstić information content (AvgIpc) is 3.04. The number of ether oxygens (including phenoxy) is 1. The Kier molecular flexibility index (Phi) is 4.76. The third kappa shape index (κ3) is 3.33. The maximum atomic E-state index is 13.6. The van der Waals surface area contributed by atoms with E-state index in [1.807, 2.05) is 0 Å². The van der Waals surface area contributed by atoms with Crippen molar-refractivity contribution in [2.75, 3.05) is 11.9 Å². The molecule has 0 saturated heterocycles. The van der Waals surface area contributed by atoms with Crippen LogP contribution in [0.5, 0.6) is 5.75 Å². The third-order valence-corrected chi connectivity index (χ3v) is 5.37. The minimum absolute atomic E-state index is 0.0730. The summed E-state index contributed by atoms with van der Waals surface area (Å²) in [7, 11) is 0. The fraction of sp³-hybridized carbons (Fsp3) is 0.211. The van der Waals surface area contributed by atoms with Crippen molar-refractivity contribution in [3.8, 4) is 5.75 Å². The number of carbonyl (C=O) groups is 2. The number of hydrogen-bond donors (Lipinski definition) is 1. The van der Waals surface area contributed by atoms with E-state index in [2.05, 4.69) is 10.3 Å². The van der Waals surface area contributed by atoms with Crippen LogP contribution in [-0.2, 0) is 4.79 Å². The zero-order valence-corrected chi connectivity index (χ0v) is 15.5. The number of benzene rings is 2. The van der Waals surface area contributed by atoms with E-state index in [9.17, 15) is 18.4 Å². The Morgan fingerprint density at radius 1 is 1.29 bits per heavy atom. The molecule has 9 heteroatoms. The molecule has 1 aliphatic rings. The summed E-state index contributed by atoms with van der Waals surface area (Å²) < 4.78 is 33.2. The predicted octanol–water partition coefficient (Wildman–Crippen LogP) is 4.13. The molecule has 6 nitrogen and oxygen atoms in total. The lowest BCUT2D eigenvalue weighted by molar-refractivity contribution is -0.118. The van der Waals surface area contributed by atoms with Gasteiger partial charge in [-0.05, 0) is 37.3 Å². The molecule has 0 saturated carbocycles. The Morgan fingerprint density at radius 2 is 2.07 bits per heavy atom. The third-order valence-electron chi connectivity index (χ3n) is 4.31. The van der Waals surface area contributed by atoms with Crippen LogP contribution in [0.3, 0.4) is 0 Å². The molecule has 0 aliphatic carbocycles. The minimum Gasteiger partial charge on any atom is -0.482 e. The highest BCUT2D eigenvalue weighted by Gasteiger charge is 2.25. The number of aromatic nitrogens is 2. The number of halogens is 2. The number of amides is 1. The predicted molar refractivity (Wildman–Crippen MR) is 101 cm³/mol. The molecule has 1 aliphatic heterocycles. The van der Waals surface area contributed by atoms with E-state index in [0.29, 0.717) is 28.0 Å². The van der Waals surface area contributed by atoms with E-state index in [1.54, 1.807) is 43.3 Å². The molecule has 2 aromatic carbocycles. The van der Waals surface area contributed by atoms with Gasteiger partial charge in [-0.15, -0.1) is 0 Å². The smallest absolute Gasteiger partial charge is 0.321 e. The quantitative estimate of drug-likeness (QED) is 0.512. The summed E-state index contributed by atoms with van der Waals surface area (Å²) in [6, 6.07) is 11.3. The topological polar surface area (TPSA) is 73.2 Å². The summed E-state index contributed by atoms with van der Waals surface area (Å²) in [5.41, 5.74) is 1.52. The number of ketones is 1. The standard InChI is InChI=1S/C19H15F2N3O3S/c1-10(17(26)11-6-7-15-13(8-11)22-16(25)9-27-15)28-19-23-12-4-2-3-5-14(12)24(19)18(20)21/h2-8,10,18H,9H2,1H3,(H,22,25). The highest BCUT2D eigenvalue weighted by molar-refractivity contribution is 8.00. The average molecular weight is 403 g/mol. The van der Waals surface area contributed by atoms with Crippen LogP contribution in [0, 0.1) is 0 Å². The first-order valence-corrected chi connectivity index (χ1v) is 9.34. The molecule has 0 bridgehead atoms. The van der Waals surface area contributed by atoms with Gasteiger partial charge in [0.2, 0.25) is 0 Å². The SMILES string of the molecule is CC(Sc1nc2ccccc2n1C(F)F)C(=O)c1ccc2c(c1)NC(=O)CO2. The monoisotopic (exact) mass is 403 g/mol. The summed E-state index contributed by atoms with van der Waals surface area (Å²) in [6.07, 6.45) is 0. The molecule has 28 heavy (non-hydrogen) atoms. The molecule has 1 aromatic heterocycles. The zero-order chi connectivity index (χ0) is 19.8. The van der Waals surface area contributed by atoms with Crippen LogP contribution in [0.1, 0.15) is 23.8 Å². The normalized spacial score (nSPS) is 14.5. The van der Waals surface area contributed by atoms with Crippen molar-refractivity contribution in [1.82, 2.24) is 9.55 Å². The number of para-hydroxylation sites is 2. The fourth-order valence-electron chi connectivity index (χ4n) is 2.98. The van der Waals surface area contributed by atoms with Crippen LogP contribution < -0.4 is 10.1 Å². The molecule has 3 aromatic rings. The van der Waals surface area contributed by atoms with Crippen molar-refractivity contribution < 1.29 is 23.1 Å². The summed E-state index contributed by atoms with van der Waals surface area (Å²) in [5, 5.41) is 2.06. The molecular weight excluding hydrogens is 388 g/mol. The number of rotatable bonds is 5. The van der Waals surface area contributed by atoms with E-state index in [4.69, 9.17) is 4.74 Å². The first-order valence-electron chi connectivity index (χ1n) is 8.46. The number of anilines is 1. The maximum Gasteiger partial charge on any atom is 0.321 e. The minimum atomic E-state index is -2.77. The first kappa shape index (κ1) is 18.4. The van der Waals surface area contributed by atoms with E-state index in [0.717, 1.165) is 16.3 Å². The highest BCUT2D eigenvalue weighted by Crippen LogP contribution is 2.34. The van der Waals surface area contributed by atoms with Gasteiger partial charge in [-0.25, -0.2) is 4.98 Å². The summed E-state index contributed by atoms with van der Waals surface area (Å²) in [6.45, 7) is -1.21. The Bertz CT molecular complexity index is 1080. The molecule has 0 radical (unpaired) electrons. The van der Waals surface area contributed by atoms with Crippen molar-refractivity contribution in [2.45, 2.75) is 23.9 Å². The summed E-state index contributed by atoms with van der Waals surface area (Å²) in [4.78, 5) is 28.5. The van der Waals surface area contributed by atoms with Gasteiger partial charge in [0.05, 0.1) is 22.0 Å². The molecule has 1 amide bonds. The second-order valence-corrected chi connectivity index (χ2v) is 7.51. The number of fused-ring (bicyclic) bond motifs is 2. The lowest BCUT2D eigenvalue weighted by atomic mass is 10.1. The number of nitrogens with one attached hydrogen (secondary N) is 1. The largest absolute Gasteiger partial charge is 0.482 e. The summed E-state index contributed by atoms with van der Waals surface area (Å²) >= 11 is 0.969. The number of alkyl halides is 2. The number of imidazole rings is 1. The number of nitrogens with zero attached hydrogens (tertiary/aromatic N) is 2. The van der Waals surface area contributed by atoms with Gasteiger partial charge in [-0.3, -0.25) is 14.2 Å². The molecular formula is C19H15F2N3O3S. The van der Waals surface area contributed by atoms with E-state index in [-0.39, 0.29) is 23.5 Å². The van der Waals surface area contributed by atoms with Gasteiger partial charge in [0.25, 0.3) is 5.91 Å². The van der Waals surface area contributed by atoms with Crippen LogP contribution in [0.4, 0.5) is 14.5 Å². The van der Waals surface area contributed by atoms with Crippen molar-refractivity contribution >= 4 is 40.2 Å². The van der Waals surface area contributed by atoms with E-state index < -0.39 is 11.8 Å². The van der Waals surface area contributed by atoms with Crippen molar-refractivity contribution in [1.29, 1.82) is 0 Å². The Hall–Kier alpha value is -2.94. The van der Waals surface area contributed by atoms with Gasteiger partial charge in [0.1, 0.15) is 5.75 Å². The van der Waals surface area contributed by atoms with Gasteiger partial charge >= 0.3 is 6.55 Å². The van der Waals surface area contributed by atoms with Crippen molar-refractivity contribution in [3.05, 3.63) is 48.0 Å². The molecule has 1 N–H and O–H groups in total. The Balaban J connectivity index is 1.60. The molecule has 1 atom stereocenters.